The van der Waals surface area contributed by atoms with Gasteiger partial charge in [-0.25, -0.2) is 0 Å². The lowest BCUT2D eigenvalue weighted by Gasteiger charge is -2.27. The van der Waals surface area contributed by atoms with Gasteiger partial charge in [-0.15, -0.1) is 0 Å². The highest BCUT2D eigenvalue weighted by Gasteiger charge is 2.36. The minimum absolute atomic E-state index is 0.0232. The van der Waals surface area contributed by atoms with E-state index in [1.54, 1.807) is 4.90 Å². The fourth-order valence-corrected chi connectivity index (χ4v) is 2.77. The Balaban J connectivity index is 1.80. The molecule has 1 aliphatic heterocycles. The van der Waals surface area contributed by atoms with Crippen molar-refractivity contribution in [3.05, 3.63) is 35.9 Å². The second-order valence-electron chi connectivity index (χ2n) is 5.87. The Morgan fingerprint density at radius 2 is 1.90 bits per heavy atom. The molecule has 0 bridgehead atoms. The molecular formula is C16H21N3O2. The molecule has 3 rings (SSSR count). The van der Waals surface area contributed by atoms with Crippen LogP contribution in [-0.2, 0) is 9.59 Å². The van der Waals surface area contributed by atoms with Crippen molar-refractivity contribution in [2.45, 2.75) is 37.9 Å². The predicted octanol–water partition coefficient (Wildman–Crippen LogP) is 1.16. The van der Waals surface area contributed by atoms with Gasteiger partial charge in [-0.1, -0.05) is 30.3 Å². The summed E-state index contributed by atoms with van der Waals surface area (Å²) < 4.78 is 0. The van der Waals surface area contributed by atoms with Gasteiger partial charge in [0.1, 0.15) is 6.04 Å². The summed E-state index contributed by atoms with van der Waals surface area (Å²) in [6.45, 7) is 0.669. The first-order valence-electron chi connectivity index (χ1n) is 7.58. The Morgan fingerprint density at radius 1 is 1.19 bits per heavy atom. The molecule has 2 fully saturated rings. The molecule has 2 aliphatic rings. The fourth-order valence-electron chi connectivity index (χ4n) is 2.77. The molecule has 1 aromatic rings. The molecule has 5 nitrogen and oxygen atoms in total. The molecule has 1 heterocycles. The maximum absolute atomic E-state index is 12.8. The van der Waals surface area contributed by atoms with Gasteiger partial charge in [0.05, 0.1) is 6.17 Å². The monoisotopic (exact) mass is 287 g/mol. The third kappa shape index (κ3) is 3.08. The number of carbonyl (C=O) groups excluding carboxylic acids is 2. The van der Waals surface area contributed by atoms with Gasteiger partial charge < -0.3 is 16.0 Å². The lowest BCUT2D eigenvalue weighted by molar-refractivity contribution is -0.137. The standard InChI is InChI=1S/C16H21N3O2/c17-13-7-4-10-19(13)16(21)14(11-5-2-1-3-6-11)18-15(20)12-8-9-12/h1-3,5-6,12-14H,4,7-10,17H2,(H,18,20)/t13-,14+/m0/s1. The lowest BCUT2D eigenvalue weighted by atomic mass is 10.1. The lowest BCUT2D eigenvalue weighted by Crippen LogP contribution is -2.48. The van der Waals surface area contributed by atoms with E-state index in [1.807, 2.05) is 30.3 Å². The van der Waals surface area contributed by atoms with E-state index >= 15 is 0 Å². The van der Waals surface area contributed by atoms with Crippen molar-refractivity contribution in [3.63, 3.8) is 0 Å². The normalized spacial score (nSPS) is 22.9. The molecule has 1 saturated heterocycles. The van der Waals surface area contributed by atoms with Crippen LogP contribution in [0.1, 0.15) is 37.3 Å². The minimum Gasteiger partial charge on any atom is -0.340 e. The highest BCUT2D eigenvalue weighted by molar-refractivity contribution is 5.90. The van der Waals surface area contributed by atoms with Gasteiger partial charge in [-0.05, 0) is 31.2 Å². The summed E-state index contributed by atoms with van der Waals surface area (Å²) in [5.74, 6) is -0.0403. The SMILES string of the molecule is N[C@@H]1CCCN1C(=O)[C@H](NC(=O)C1CC1)c1ccccc1. The van der Waals surface area contributed by atoms with E-state index in [0.717, 1.165) is 31.2 Å². The molecule has 1 aromatic carbocycles. The number of hydrogen-bond donors (Lipinski definition) is 2. The average Bonchev–Trinajstić information content (AvgIpc) is 3.27. The summed E-state index contributed by atoms with van der Waals surface area (Å²) in [5, 5.41) is 2.91. The number of rotatable bonds is 4. The van der Waals surface area contributed by atoms with Crippen molar-refractivity contribution < 1.29 is 9.59 Å². The Kier molecular flexibility index (Phi) is 3.92. The second kappa shape index (κ2) is 5.85. The van der Waals surface area contributed by atoms with E-state index < -0.39 is 6.04 Å². The molecule has 2 atom stereocenters. The number of amides is 2. The molecule has 1 aliphatic carbocycles. The van der Waals surface area contributed by atoms with Crippen molar-refractivity contribution in [3.8, 4) is 0 Å². The van der Waals surface area contributed by atoms with Crippen LogP contribution in [0, 0.1) is 5.92 Å². The van der Waals surface area contributed by atoms with Gasteiger partial charge in [0, 0.05) is 12.5 Å². The van der Waals surface area contributed by atoms with Crippen LogP contribution < -0.4 is 11.1 Å². The van der Waals surface area contributed by atoms with Crippen molar-refractivity contribution in [2.75, 3.05) is 6.54 Å². The highest BCUT2D eigenvalue weighted by Crippen LogP contribution is 2.30. The van der Waals surface area contributed by atoms with E-state index in [9.17, 15) is 9.59 Å². The van der Waals surface area contributed by atoms with Crippen molar-refractivity contribution in [1.29, 1.82) is 0 Å². The quantitative estimate of drug-likeness (QED) is 0.872. The second-order valence-corrected chi connectivity index (χ2v) is 5.87. The van der Waals surface area contributed by atoms with Crippen LogP contribution in [0.4, 0.5) is 0 Å². The van der Waals surface area contributed by atoms with Crippen molar-refractivity contribution >= 4 is 11.8 Å². The third-order valence-electron chi connectivity index (χ3n) is 4.20. The first kappa shape index (κ1) is 14.1. The molecule has 1 saturated carbocycles. The summed E-state index contributed by atoms with van der Waals surface area (Å²) in [7, 11) is 0. The summed E-state index contributed by atoms with van der Waals surface area (Å²) >= 11 is 0. The Labute approximate surface area is 124 Å². The topological polar surface area (TPSA) is 75.4 Å². The van der Waals surface area contributed by atoms with Gasteiger partial charge in [0.15, 0.2) is 0 Å². The summed E-state index contributed by atoms with van der Waals surface area (Å²) in [4.78, 5) is 26.5. The number of carbonyl (C=O) groups is 2. The van der Waals surface area contributed by atoms with E-state index in [2.05, 4.69) is 5.32 Å². The smallest absolute Gasteiger partial charge is 0.251 e. The van der Waals surface area contributed by atoms with E-state index in [-0.39, 0.29) is 23.9 Å². The largest absolute Gasteiger partial charge is 0.340 e. The summed E-state index contributed by atoms with van der Waals surface area (Å²) in [6.07, 6.45) is 3.35. The van der Waals surface area contributed by atoms with Gasteiger partial charge >= 0.3 is 0 Å². The Hall–Kier alpha value is -1.88. The number of likely N-dealkylation sites (tertiary alicyclic amines) is 1. The van der Waals surface area contributed by atoms with Crippen LogP contribution >= 0.6 is 0 Å². The predicted molar refractivity (Wildman–Crippen MR) is 79.0 cm³/mol. The van der Waals surface area contributed by atoms with Crippen LogP contribution in [-0.4, -0.2) is 29.4 Å². The minimum atomic E-state index is -0.622. The summed E-state index contributed by atoms with van der Waals surface area (Å²) in [5.41, 5.74) is 6.81. The zero-order chi connectivity index (χ0) is 14.8. The first-order valence-corrected chi connectivity index (χ1v) is 7.58. The molecule has 112 valence electrons. The Bertz CT molecular complexity index is 528. The number of nitrogens with two attached hydrogens (primary N) is 1. The van der Waals surface area contributed by atoms with Crippen LogP contribution in [0.2, 0.25) is 0 Å². The van der Waals surface area contributed by atoms with Gasteiger partial charge in [0.2, 0.25) is 5.91 Å². The molecule has 5 heteroatoms. The fraction of sp³-hybridized carbons (Fsp3) is 0.500. The van der Waals surface area contributed by atoms with Crippen LogP contribution in [0.25, 0.3) is 0 Å². The van der Waals surface area contributed by atoms with Crippen LogP contribution in [0.15, 0.2) is 30.3 Å². The van der Waals surface area contributed by atoms with Crippen LogP contribution in [0.5, 0.6) is 0 Å². The van der Waals surface area contributed by atoms with E-state index in [1.165, 1.54) is 0 Å². The number of nitrogens with zero attached hydrogens (tertiary/aromatic N) is 1. The Morgan fingerprint density at radius 3 is 2.48 bits per heavy atom. The van der Waals surface area contributed by atoms with Gasteiger partial charge in [0.25, 0.3) is 5.91 Å². The molecule has 21 heavy (non-hydrogen) atoms. The number of hydrogen-bond acceptors (Lipinski definition) is 3. The number of benzene rings is 1. The molecule has 3 N–H and O–H groups in total. The van der Waals surface area contributed by atoms with E-state index in [4.69, 9.17) is 5.73 Å². The molecule has 0 spiro atoms. The highest BCUT2D eigenvalue weighted by atomic mass is 16.2. The van der Waals surface area contributed by atoms with Gasteiger partial charge in [-0.2, -0.15) is 0 Å². The molecule has 0 radical (unpaired) electrons. The first-order chi connectivity index (χ1) is 10.2. The number of nitrogens with one attached hydrogen (secondary N) is 1. The average molecular weight is 287 g/mol. The summed E-state index contributed by atoms with van der Waals surface area (Å²) in [6, 6.07) is 8.78. The third-order valence-corrected chi connectivity index (χ3v) is 4.20. The van der Waals surface area contributed by atoms with Gasteiger partial charge in [-0.3, -0.25) is 9.59 Å². The maximum Gasteiger partial charge on any atom is 0.251 e. The van der Waals surface area contributed by atoms with Crippen molar-refractivity contribution in [2.24, 2.45) is 11.7 Å². The molecule has 0 unspecified atom stereocenters. The zero-order valence-electron chi connectivity index (χ0n) is 12.0. The molecule has 0 aromatic heterocycles. The molecule has 2 amide bonds. The maximum atomic E-state index is 12.8. The van der Waals surface area contributed by atoms with Crippen LogP contribution in [0.3, 0.4) is 0 Å². The zero-order valence-corrected chi connectivity index (χ0v) is 12.0. The van der Waals surface area contributed by atoms with Crippen molar-refractivity contribution in [1.82, 2.24) is 10.2 Å². The van der Waals surface area contributed by atoms with E-state index in [0.29, 0.717) is 6.54 Å². The molecular weight excluding hydrogens is 266 g/mol.